The number of carbonyl (C=O) groups is 1. The van der Waals surface area contributed by atoms with E-state index in [9.17, 15) is 10.1 Å². The third kappa shape index (κ3) is 5.28. The van der Waals surface area contributed by atoms with Crippen LogP contribution in [0.1, 0.15) is 57.4 Å². The SMILES string of the molecule is C#Cc1nc(C2CC2)oc1N1CCN(C(=O)c2cc(CN3CCN(c4ccccc4C#N)CC3)ccc2C)CC1. The predicted molar refractivity (Wildman–Crippen MR) is 154 cm³/mol. The molecular formula is C32H34N6O2. The van der Waals surface area contributed by atoms with E-state index in [4.69, 9.17) is 10.8 Å². The van der Waals surface area contributed by atoms with Crippen molar-refractivity contribution in [2.24, 2.45) is 0 Å². The van der Waals surface area contributed by atoms with E-state index in [2.05, 4.69) is 49.9 Å². The summed E-state index contributed by atoms with van der Waals surface area (Å²) in [5.41, 5.74) is 5.21. The lowest BCUT2D eigenvalue weighted by atomic mass is 10.0. The van der Waals surface area contributed by atoms with E-state index >= 15 is 0 Å². The summed E-state index contributed by atoms with van der Waals surface area (Å²) in [5.74, 6) is 4.58. The number of terminal acetylenes is 1. The molecule has 40 heavy (non-hydrogen) atoms. The Labute approximate surface area is 235 Å². The Balaban J connectivity index is 1.06. The maximum absolute atomic E-state index is 13.6. The van der Waals surface area contributed by atoms with Crippen LogP contribution in [0.25, 0.3) is 0 Å². The quantitative estimate of drug-likeness (QED) is 0.443. The summed E-state index contributed by atoms with van der Waals surface area (Å²) < 4.78 is 6.05. The molecule has 0 unspecified atom stereocenters. The topological polar surface area (TPSA) is 79.9 Å². The zero-order valence-electron chi connectivity index (χ0n) is 23.0. The Morgan fingerprint density at radius 1 is 1.02 bits per heavy atom. The standard InChI is InChI=1S/C32H34N6O2/c1-3-28-32(40-30(34-28)25-10-11-25)38-18-16-37(17-19-38)31(39)27-20-24(9-8-23(27)2)22-35-12-14-36(15-13-35)29-7-5-4-6-26(29)21-33/h1,4-9,20,25H,10-19,22H2,2H3. The molecule has 0 N–H and O–H groups in total. The van der Waals surface area contributed by atoms with Gasteiger partial charge in [-0.2, -0.15) is 5.26 Å². The molecule has 0 radical (unpaired) electrons. The number of nitriles is 1. The van der Waals surface area contributed by atoms with E-state index in [1.54, 1.807) is 0 Å². The highest BCUT2D eigenvalue weighted by Gasteiger charge is 2.32. The number of piperazine rings is 2. The highest BCUT2D eigenvalue weighted by molar-refractivity contribution is 5.96. The molecule has 8 heteroatoms. The molecule has 0 bridgehead atoms. The normalized spacial score (nSPS) is 17.9. The van der Waals surface area contributed by atoms with Gasteiger partial charge in [-0.15, -0.1) is 6.42 Å². The molecule has 2 saturated heterocycles. The van der Waals surface area contributed by atoms with Gasteiger partial charge >= 0.3 is 0 Å². The van der Waals surface area contributed by atoms with E-state index in [0.29, 0.717) is 43.7 Å². The summed E-state index contributed by atoms with van der Waals surface area (Å²) in [6.45, 7) is 8.90. The maximum atomic E-state index is 13.6. The molecule has 1 aliphatic carbocycles. The van der Waals surface area contributed by atoms with Crippen molar-refractivity contribution in [1.82, 2.24) is 14.8 Å². The van der Waals surface area contributed by atoms with Crippen LogP contribution >= 0.6 is 0 Å². The number of rotatable bonds is 6. The first-order valence-electron chi connectivity index (χ1n) is 14.1. The number of benzene rings is 2. The van der Waals surface area contributed by atoms with Gasteiger partial charge in [-0.05, 0) is 55.0 Å². The molecule has 2 aromatic carbocycles. The number of carbonyl (C=O) groups excluding carboxylic acids is 1. The van der Waals surface area contributed by atoms with Gasteiger partial charge in [0.2, 0.25) is 11.8 Å². The Kier molecular flexibility index (Phi) is 7.19. The van der Waals surface area contributed by atoms with E-state index in [1.807, 2.05) is 36.1 Å². The molecule has 3 aliphatic rings. The van der Waals surface area contributed by atoms with E-state index < -0.39 is 0 Å². The van der Waals surface area contributed by atoms with Crippen molar-refractivity contribution in [2.75, 3.05) is 62.2 Å². The van der Waals surface area contributed by atoms with Gasteiger partial charge in [-0.25, -0.2) is 4.98 Å². The van der Waals surface area contributed by atoms with Crippen LogP contribution in [-0.2, 0) is 6.54 Å². The van der Waals surface area contributed by atoms with Gasteiger partial charge in [0.1, 0.15) is 6.07 Å². The Hall–Kier alpha value is -4.27. The monoisotopic (exact) mass is 534 g/mol. The minimum atomic E-state index is 0.0744. The number of hydrogen-bond acceptors (Lipinski definition) is 7. The van der Waals surface area contributed by atoms with Crippen molar-refractivity contribution in [2.45, 2.75) is 32.2 Å². The zero-order valence-corrected chi connectivity index (χ0v) is 23.0. The highest BCUT2D eigenvalue weighted by Crippen LogP contribution is 2.41. The average molecular weight is 535 g/mol. The summed E-state index contributed by atoms with van der Waals surface area (Å²) in [4.78, 5) is 26.9. The maximum Gasteiger partial charge on any atom is 0.254 e. The van der Waals surface area contributed by atoms with Crippen LogP contribution in [0.2, 0.25) is 0 Å². The number of anilines is 2. The molecular weight excluding hydrogens is 500 g/mol. The second-order valence-corrected chi connectivity index (χ2v) is 10.9. The highest BCUT2D eigenvalue weighted by atomic mass is 16.4. The van der Waals surface area contributed by atoms with Crippen molar-refractivity contribution in [3.63, 3.8) is 0 Å². The van der Waals surface area contributed by atoms with Crippen LogP contribution in [0, 0.1) is 30.6 Å². The fraction of sp³-hybridized carbons (Fsp3) is 0.406. The van der Waals surface area contributed by atoms with Crippen LogP contribution in [0.5, 0.6) is 0 Å². The molecule has 3 aromatic rings. The van der Waals surface area contributed by atoms with Crippen molar-refractivity contribution in [1.29, 1.82) is 5.26 Å². The molecule has 0 spiro atoms. The minimum absolute atomic E-state index is 0.0744. The zero-order chi connectivity index (χ0) is 27.6. The lowest BCUT2D eigenvalue weighted by molar-refractivity contribution is 0.0744. The third-order valence-electron chi connectivity index (χ3n) is 8.22. The van der Waals surface area contributed by atoms with Gasteiger partial charge in [-0.3, -0.25) is 9.69 Å². The molecule has 0 atom stereocenters. The summed E-state index contributed by atoms with van der Waals surface area (Å²) in [6.07, 6.45) is 7.92. The number of hydrogen-bond donors (Lipinski definition) is 0. The van der Waals surface area contributed by atoms with Crippen molar-refractivity contribution in [3.8, 4) is 18.4 Å². The first-order valence-corrected chi connectivity index (χ1v) is 14.1. The average Bonchev–Trinajstić information content (AvgIpc) is 3.76. The molecule has 2 aliphatic heterocycles. The molecule has 3 fully saturated rings. The molecule has 3 heterocycles. The Morgan fingerprint density at radius 3 is 2.45 bits per heavy atom. The van der Waals surface area contributed by atoms with Crippen LogP contribution in [0.4, 0.5) is 11.6 Å². The number of nitrogens with zero attached hydrogens (tertiary/aromatic N) is 6. The summed E-state index contributed by atoms with van der Waals surface area (Å²) >= 11 is 0. The largest absolute Gasteiger partial charge is 0.423 e. The van der Waals surface area contributed by atoms with Crippen molar-refractivity contribution < 1.29 is 9.21 Å². The lowest BCUT2D eigenvalue weighted by Gasteiger charge is -2.36. The Bertz CT molecular complexity index is 1480. The number of amides is 1. The third-order valence-corrected chi connectivity index (χ3v) is 8.22. The molecule has 6 rings (SSSR count). The van der Waals surface area contributed by atoms with E-state index in [1.165, 1.54) is 0 Å². The van der Waals surface area contributed by atoms with Crippen LogP contribution < -0.4 is 9.80 Å². The first-order chi connectivity index (χ1) is 19.5. The molecule has 204 valence electrons. The number of aromatic nitrogens is 1. The predicted octanol–water partition coefficient (Wildman–Crippen LogP) is 4.00. The molecule has 1 saturated carbocycles. The lowest BCUT2D eigenvalue weighted by Crippen LogP contribution is -2.49. The number of para-hydroxylation sites is 1. The van der Waals surface area contributed by atoms with Gasteiger partial charge in [0.15, 0.2) is 5.69 Å². The first kappa shape index (κ1) is 26.0. The van der Waals surface area contributed by atoms with Gasteiger partial charge in [0, 0.05) is 70.4 Å². The molecule has 8 nitrogen and oxygen atoms in total. The van der Waals surface area contributed by atoms with Gasteiger partial charge < -0.3 is 19.1 Å². The number of oxazole rings is 1. The second kappa shape index (κ2) is 11.1. The smallest absolute Gasteiger partial charge is 0.254 e. The summed E-state index contributed by atoms with van der Waals surface area (Å²) in [6, 6.07) is 16.4. The fourth-order valence-corrected chi connectivity index (χ4v) is 5.67. The van der Waals surface area contributed by atoms with Gasteiger partial charge in [-0.1, -0.05) is 24.3 Å². The van der Waals surface area contributed by atoms with Crippen molar-refractivity contribution >= 4 is 17.5 Å². The summed E-state index contributed by atoms with van der Waals surface area (Å²) in [7, 11) is 0. The van der Waals surface area contributed by atoms with Crippen LogP contribution in [-0.4, -0.2) is 73.0 Å². The van der Waals surface area contributed by atoms with Gasteiger partial charge in [0.25, 0.3) is 5.91 Å². The van der Waals surface area contributed by atoms with E-state index in [-0.39, 0.29) is 5.91 Å². The van der Waals surface area contributed by atoms with Crippen LogP contribution in [0.3, 0.4) is 0 Å². The number of aryl methyl sites for hydroxylation is 1. The summed E-state index contributed by atoms with van der Waals surface area (Å²) in [5, 5.41) is 9.46. The molecule has 1 amide bonds. The van der Waals surface area contributed by atoms with Crippen LogP contribution in [0.15, 0.2) is 46.9 Å². The van der Waals surface area contributed by atoms with Crippen molar-refractivity contribution in [3.05, 3.63) is 76.3 Å². The second-order valence-electron chi connectivity index (χ2n) is 10.9. The molecule has 1 aromatic heterocycles. The fourth-order valence-electron chi connectivity index (χ4n) is 5.67. The minimum Gasteiger partial charge on any atom is -0.423 e. The van der Waals surface area contributed by atoms with Gasteiger partial charge in [0.05, 0.1) is 11.3 Å². The van der Waals surface area contributed by atoms with E-state index in [0.717, 1.165) is 79.4 Å². The Morgan fingerprint density at radius 2 is 1.75 bits per heavy atom.